The van der Waals surface area contributed by atoms with Crippen molar-refractivity contribution in [3.8, 4) is 5.75 Å². The number of aromatic nitrogens is 1. The van der Waals surface area contributed by atoms with Crippen LogP contribution in [0.25, 0.3) is 0 Å². The smallest absolute Gasteiger partial charge is 0.137 e. The van der Waals surface area contributed by atoms with Crippen molar-refractivity contribution < 1.29 is 14.6 Å². The second-order valence-corrected chi connectivity index (χ2v) is 3.63. The fourth-order valence-corrected chi connectivity index (χ4v) is 1.27. The Morgan fingerprint density at radius 1 is 1.40 bits per heavy atom. The number of pyridine rings is 1. The molecule has 0 aromatic carbocycles. The fourth-order valence-electron chi connectivity index (χ4n) is 1.27. The predicted molar refractivity (Wildman–Crippen MR) is 56.9 cm³/mol. The first-order valence-electron chi connectivity index (χ1n) is 4.81. The van der Waals surface area contributed by atoms with Gasteiger partial charge in [0.15, 0.2) is 0 Å². The van der Waals surface area contributed by atoms with E-state index in [0.29, 0.717) is 18.8 Å². The first-order valence-corrected chi connectivity index (χ1v) is 4.81. The number of hydrogen-bond acceptors (Lipinski definition) is 4. The van der Waals surface area contributed by atoms with E-state index in [1.54, 1.807) is 39.6 Å². The van der Waals surface area contributed by atoms with Crippen LogP contribution in [0.3, 0.4) is 0 Å². The number of rotatable bonds is 5. The van der Waals surface area contributed by atoms with Crippen LogP contribution in [0.4, 0.5) is 0 Å². The summed E-state index contributed by atoms with van der Waals surface area (Å²) in [7, 11) is 3.19. The van der Waals surface area contributed by atoms with Gasteiger partial charge in [0.25, 0.3) is 0 Å². The molecular weight excluding hydrogens is 194 g/mol. The first kappa shape index (κ1) is 11.9. The highest BCUT2D eigenvalue weighted by atomic mass is 16.5. The van der Waals surface area contributed by atoms with Gasteiger partial charge in [-0.15, -0.1) is 0 Å². The maximum Gasteiger partial charge on any atom is 0.137 e. The van der Waals surface area contributed by atoms with Crippen LogP contribution in [0.2, 0.25) is 0 Å². The van der Waals surface area contributed by atoms with Gasteiger partial charge in [-0.2, -0.15) is 0 Å². The van der Waals surface area contributed by atoms with E-state index < -0.39 is 5.60 Å². The molecule has 1 atom stereocenters. The Hall–Kier alpha value is -1.13. The van der Waals surface area contributed by atoms with Gasteiger partial charge in [0.1, 0.15) is 5.75 Å². The lowest BCUT2D eigenvalue weighted by atomic mass is 9.94. The Labute approximate surface area is 89.9 Å². The highest BCUT2D eigenvalue weighted by Gasteiger charge is 2.23. The molecule has 1 heterocycles. The van der Waals surface area contributed by atoms with Crippen LogP contribution in [0, 0.1) is 0 Å². The van der Waals surface area contributed by atoms with E-state index >= 15 is 0 Å². The molecule has 1 aromatic rings. The quantitative estimate of drug-likeness (QED) is 0.798. The highest BCUT2D eigenvalue weighted by Crippen LogP contribution is 2.26. The zero-order valence-corrected chi connectivity index (χ0v) is 9.36. The van der Waals surface area contributed by atoms with Gasteiger partial charge in [-0.05, 0) is 13.0 Å². The molecule has 4 heteroatoms. The Kier molecular flexibility index (Phi) is 4.05. The topological polar surface area (TPSA) is 51.6 Å². The lowest BCUT2D eigenvalue weighted by molar-refractivity contribution is 0.0206. The molecular formula is C11H17NO3. The van der Waals surface area contributed by atoms with Crippen LogP contribution in [0.15, 0.2) is 18.5 Å². The molecule has 1 N–H and O–H groups in total. The number of aliphatic hydroxyl groups is 1. The fraction of sp³-hybridized carbons (Fsp3) is 0.545. The van der Waals surface area contributed by atoms with Gasteiger partial charge in [-0.3, -0.25) is 4.98 Å². The average molecular weight is 211 g/mol. The van der Waals surface area contributed by atoms with Crippen LogP contribution in [0.5, 0.6) is 5.75 Å². The van der Waals surface area contributed by atoms with Gasteiger partial charge >= 0.3 is 0 Å². The summed E-state index contributed by atoms with van der Waals surface area (Å²) in [6.07, 6.45) is 3.77. The molecule has 0 spiro atoms. The minimum absolute atomic E-state index is 0.504. The second-order valence-electron chi connectivity index (χ2n) is 3.63. The summed E-state index contributed by atoms with van der Waals surface area (Å²) < 4.78 is 9.99. The SMILES string of the molecule is COCCC(C)(O)c1cncc(OC)c1. The van der Waals surface area contributed by atoms with E-state index in [-0.39, 0.29) is 0 Å². The lowest BCUT2D eigenvalue weighted by Crippen LogP contribution is -2.23. The van der Waals surface area contributed by atoms with Gasteiger partial charge < -0.3 is 14.6 Å². The van der Waals surface area contributed by atoms with Crippen molar-refractivity contribution in [1.82, 2.24) is 4.98 Å². The summed E-state index contributed by atoms with van der Waals surface area (Å²) in [6.45, 7) is 2.24. The molecule has 0 radical (unpaired) electrons. The Morgan fingerprint density at radius 3 is 2.73 bits per heavy atom. The summed E-state index contributed by atoms with van der Waals surface area (Å²) in [5, 5.41) is 10.2. The van der Waals surface area contributed by atoms with E-state index in [0.717, 1.165) is 5.56 Å². The molecule has 0 bridgehead atoms. The van der Waals surface area contributed by atoms with Crippen molar-refractivity contribution in [2.24, 2.45) is 0 Å². The summed E-state index contributed by atoms with van der Waals surface area (Å²) in [4.78, 5) is 4.00. The average Bonchev–Trinajstić information content (AvgIpc) is 2.26. The molecule has 84 valence electrons. The van der Waals surface area contributed by atoms with Gasteiger partial charge in [0, 0.05) is 31.9 Å². The summed E-state index contributed by atoms with van der Waals surface area (Å²) in [6, 6.07) is 1.78. The third-order valence-corrected chi connectivity index (χ3v) is 2.36. The van der Waals surface area contributed by atoms with Crippen molar-refractivity contribution in [3.05, 3.63) is 24.0 Å². The van der Waals surface area contributed by atoms with E-state index in [1.165, 1.54) is 0 Å². The zero-order chi connectivity index (χ0) is 11.3. The van der Waals surface area contributed by atoms with Crippen LogP contribution in [-0.4, -0.2) is 30.9 Å². The Morgan fingerprint density at radius 2 is 2.13 bits per heavy atom. The molecule has 0 aliphatic heterocycles. The minimum Gasteiger partial charge on any atom is -0.495 e. The van der Waals surface area contributed by atoms with Crippen molar-refractivity contribution in [2.45, 2.75) is 18.9 Å². The maximum atomic E-state index is 10.2. The van der Waals surface area contributed by atoms with E-state index in [2.05, 4.69) is 4.98 Å². The Balaban J connectivity index is 2.83. The second kappa shape index (κ2) is 5.09. The molecule has 1 unspecified atom stereocenters. The number of hydrogen-bond donors (Lipinski definition) is 1. The number of ether oxygens (including phenoxy) is 2. The van der Waals surface area contributed by atoms with Crippen molar-refractivity contribution >= 4 is 0 Å². The number of nitrogens with zero attached hydrogens (tertiary/aromatic N) is 1. The van der Waals surface area contributed by atoms with Gasteiger partial charge in [-0.1, -0.05) is 0 Å². The van der Waals surface area contributed by atoms with Crippen molar-refractivity contribution in [3.63, 3.8) is 0 Å². The molecule has 0 amide bonds. The standard InChI is InChI=1S/C11H17NO3/c1-11(13,4-5-14-2)9-6-10(15-3)8-12-7-9/h6-8,13H,4-5H2,1-3H3. The minimum atomic E-state index is -0.933. The zero-order valence-electron chi connectivity index (χ0n) is 9.36. The van der Waals surface area contributed by atoms with Crippen LogP contribution >= 0.6 is 0 Å². The largest absolute Gasteiger partial charge is 0.495 e. The summed E-state index contributed by atoms with van der Waals surface area (Å²) in [5.74, 6) is 0.644. The van der Waals surface area contributed by atoms with Crippen LogP contribution in [-0.2, 0) is 10.3 Å². The van der Waals surface area contributed by atoms with Crippen LogP contribution < -0.4 is 4.74 Å². The molecule has 0 saturated heterocycles. The van der Waals surface area contributed by atoms with Gasteiger partial charge in [0.2, 0.25) is 0 Å². The molecule has 1 rings (SSSR count). The van der Waals surface area contributed by atoms with Crippen molar-refractivity contribution in [2.75, 3.05) is 20.8 Å². The van der Waals surface area contributed by atoms with E-state index in [4.69, 9.17) is 9.47 Å². The van der Waals surface area contributed by atoms with E-state index in [9.17, 15) is 5.11 Å². The number of methoxy groups -OCH3 is 2. The molecule has 0 aliphatic carbocycles. The van der Waals surface area contributed by atoms with Gasteiger partial charge in [0.05, 0.1) is 18.9 Å². The van der Waals surface area contributed by atoms with E-state index in [1.807, 2.05) is 0 Å². The Bertz CT molecular complexity index is 312. The molecule has 0 aliphatic rings. The van der Waals surface area contributed by atoms with Gasteiger partial charge in [-0.25, -0.2) is 0 Å². The molecule has 0 saturated carbocycles. The molecule has 0 fully saturated rings. The van der Waals surface area contributed by atoms with Crippen molar-refractivity contribution in [1.29, 1.82) is 0 Å². The highest BCUT2D eigenvalue weighted by molar-refractivity contribution is 5.27. The summed E-state index contributed by atoms with van der Waals surface area (Å²) in [5.41, 5.74) is -0.198. The maximum absolute atomic E-state index is 10.2. The summed E-state index contributed by atoms with van der Waals surface area (Å²) >= 11 is 0. The third kappa shape index (κ3) is 3.18. The normalized spacial score (nSPS) is 14.7. The lowest BCUT2D eigenvalue weighted by Gasteiger charge is -2.23. The first-order chi connectivity index (χ1) is 7.10. The monoisotopic (exact) mass is 211 g/mol. The molecule has 1 aromatic heterocycles. The van der Waals surface area contributed by atoms with Crippen LogP contribution in [0.1, 0.15) is 18.9 Å². The predicted octanol–water partition coefficient (Wildman–Crippen LogP) is 1.33. The molecule has 15 heavy (non-hydrogen) atoms. The third-order valence-electron chi connectivity index (χ3n) is 2.36. The molecule has 4 nitrogen and oxygen atoms in total.